The molecule has 0 saturated heterocycles. The van der Waals surface area contributed by atoms with E-state index in [9.17, 15) is 4.79 Å². The van der Waals surface area contributed by atoms with E-state index in [4.69, 9.17) is 0 Å². The average Bonchev–Trinajstić information content (AvgIpc) is 2.66. The number of thiazole rings is 1. The lowest BCUT2D eigenvalue weighted by Gasteiger charge is -1.97. The highest BCUT2D eigenvalue weighted by atomic mass is 32.1. The zero-order chi connectivity index (χ0) is 10.4. The summed E-state index contributed by atoms with van der Waals surface area (Å²) < 4.78 is 4.59. The maximum Gasteiger partial charge on any atom is 0.349 e. The summed E-state index contributed by atoms with van der Waals surface area (Å²) in [7, 11) is 1.37. The van der Waals surface area contributed by atoms with Gasteiger partial charge in [-0.2, -0.15) is 0 Å². The van der Waals surface area contributed by atoms with Gasteiger partial charge in [0.05, 0.1) is 13.3 Å². The smallest absolute Gasteiger partial charge is 0.349 e. The molecular weight excluding hydrogens is 200 g/mol. The molecule has 0 aromatic carbocycles. The van der Waals surface area contributed by atoms with Crippen LogP contribution in [-0.2, 0) is 11.3 Å². The molecular formula is C9H14N2O2S. The standard InChI is InChI=1S/C9H14N2O2S/c1-3-4-10-6-8-11-5-7(14-8)9(12)13-2/h5,10H,3-4,6H2,1-2H3. The summed E-state index contributed by atoms with van der Waals surface area (Å²) in [5, 5.41) is 4.13. The normalized spacial score (nSPS) is 10.1. The summed E-state index contributed by atoms with van der Waals surface area (Å²) in [6.07, 6.45) is 2.65. The summed E-state index contributed by atoms with van der Waals surface area (Å²) in [6.45, 7) is 3.79. The number of hydrogen-bond acceptors (Lipinski definition) is 5. The Morgan fingerprint density at radius 1 is 1.71 bits per heavy atom. The van der Waals surface area contributed by atoms with Crippen LogP contribution in [0.15, 0.2) is 6.20 Å². The fraction of sp³-hybridized carbons (Fsp3) is 0.556. The van der Waals surface area contributed by atoms with Crippen LogP contribution in [-0.4, -0.2) is 24.6 Å². The Balaban J connectivity index is 2.46. The van der Waals surface area contributed by atoms with Crippen LogP contribution in [0.1, 0.15) is 28.0 Å². The van der Waals surface area contributed by atoms with Crippen molar-refractivity contribution in [3.63, 3.8) is 0 Å². The monoisotopic (exact) mass is 214 g/mol. The van der Waals surface area contributed by atoms with Gasteiger partial charge in [-0.05, 0) is 13.0 Å². The van der Waals surface area contributed by atoms with Crippen LogP contribution in [0.2, 0.25) is 0 Å². The van der Waals surface area contributed by atoms with E-state index in [1.165, 1.54) is 18.4 Å². The molecule has 1 aromatic rings. The minimum Gasteiger partial charge on any atom is -0.465 e. The van der Waals surface area contributed by atoms with Gasteiger partial charge in [0, 0.05) is 6.54 Å². The van der Waals surface area contributed by atoms with Crippen LogP contribution in [0.5, 0.6) is 0 Å². The molecule has 0 fully saturated rings. The van der Waals surface area contributed by atoms with Crippen LogP contribution < -0.4 is 5.32 Å². The summed E-state index contributed by atoms with van der Waals surface area (Å²) >= 11 is 1.37. The van der Waals surface area contributed by atoms with E-state index in [0.29, 0.717) is 4.88 Å². The number of methoxy groups -OCH3 is 1. The lowest BCUT2D eigenvalue weighted by molar-refractivity contribution is 0.0606. The quantitative estimate of drug-likeness (QED) is 0.595. The SMILES string of the molecule is CCCNCc1ncc(C(=O)OC)s1. The van der Waals surface area contributed by atoms with Gasteiger partial charge < -0.3 is 10.1 Å². The number of esters is 1. The van der Waals surface area contributed by atoms with Gasteiger partial charge in [-0.3, -0.25) is 0 Å². The molecule has 0 atom stereocenters. The molecule has 0 aliphatic rings. The second kappa shape index (κ2) is 5.72. The first kappa shape index (κ1) is 11.1. The Kier molecular flexibility index (Phi) is 4.55. The van der Waals surface area contributed by atoms with Crippen LogP contribution in [0, 0.1) is 0 Å². The van der Waals surface area contributed by atoms with Crippen LogP contribution >= 0.6 is 11.3 Å². The number of rotatable bonds is 5. The number of nitrogens with one attached hydrogen (secondary N) is 1. The highest BCUT2D eigenvalue weighted by molar-refractivity contribution is 7.13. The minimum absolute atomic E-state index is 0.316. The zero-order valence-electron chi connectivity index (χ0n) is 8.37. The number of hydrogen-bond donors (Lipinski definition) is 1. The van der Waals surface area contributed by atoms with Crippen LogP contribution in [0.3, 0.4) is 0 Å². The van der Waals surface area contributed by atoms with Gasteiger partial charge in [-0.15, -0.1) is 11.3 Å². The molecule has 1 aromatic heterocycles. The number of carbonyl (C=O) groups is 1. The van der Waals surface area contributed by atoms with E-state index >= 15 is 0 Å². The molecule has 1 heterocycles. The van der Waals surface area contributed by atoms with Gasteiger partial charge in [0.2, 0.25) is 0 Å². The molecule has 0 aliphatic heterocycles. The van der Waals surface area contributed by atoms with E-state index in [0.717, 1.165) is 24.5 Å². The average molecular weight is 214 g/mol. The molecule has 5 heteroatoms. The van der Waals surface area contributed by atoms with Crippen molar-refractivity contribution in [3.8, 4) is 0 Å². The molecule has 14 heavy (non-hydrogen) atoms. The van der Waals surface area contributed by atoms with Gasteiger partial charge in [-0.1, -0.05) is 6.92 Å². The van der Waals surface area contributed by atoms with Gasteiger partial charge in [0.25, 0.3) is 0 Å². The maximum absolute atomic E-state index is 11.1. The topological polar surface area (TPSA) is 51.2 Å². The van der Waals surface area contributed by atoms with Crippen molar-refractivity contribution < 1.29 is 9.53 Å². The number of ether oxygens (including phenoxy) is 1. The lowest BCUT2D eigenvalue weighted by atomic mass is 10.5. The van der Waals surface area contributed by atoms with E-state index in [1.807, 2.05) is 0 Å². The summed E-state index contributed by atoms with van der Waals surface area (Å²) in [4.78, 5) is 15.8. The number of nitrogens with zero attached hydrogens (tertiary/aromatic N) is 1. The molecule has 0 radical (unpaired) electrons. The van der Waals surface area contributed by atoms with Gasteiger partial charge in [-0.25, -0.2) is 9.78 Å². The summed E-state index contributed by atoms with van der Waals surface area (Å²) in [5.41, 5.74) is 0. The van der Waals surface area contributed by atoms with Crippen LogP contribution in [0.4, 0.5) is 0 Å². The number of aromatic nitrogens is 1. The molecule has 1 rings (SSSR count). The van der Waals surface area contributed by atoms with Crippen molar-refractivity contribution in [3.05, 3.63) is 16.1 Å². The van der Waals surface area contributed by atoms with E-state index in [-0.39, 0.29) is 5.97 Å². The molecule has 0 unspecified atom stereocenters. The van der Waals surface area contributed by atoms with Crippen molar-refractivity contribution in [1.82, 2.24) is 10.3 Å². The summed E-state index contributed by atoms with van der Waals surface area (Å²) in [6, 6.07) is 0. The number of carbonyl (C=O) groups excluding carboxylic acids is 1. The maximum atomic E-state index is 11.1. The predicted molar refractivity (Wildman–Crippen MR) is 55.5 cm³/mol. The van der Waals surface area contributed by atoms with Gasteiger partial charge >= 0.3 is 5.97 Å². The molecule has 0 amide bonds. The summed E-state index contributed by atoms with van der Waals surface area (Å²) in [5.74, 6) is -0.316. The van der Waals surface area contributed by atoms with Gasteiger partial charge in [0.1, 0.15) is 9.88 Å². The first-order chi connectivity index (χ1) is 6.77. The zero-order valence-corrected chi connectivity index (χ0v) is 9.19. The van der Waals surface area contributed by atoms with E-state index in [1.54, 1.807) is 6.20 Å². The lowest BCUT2D eigenvalue weighted by Crippen LogP contribution is -2.13. The van der Waals surface area contributed by atoms with Crippen molar-refractivity contribution in [2.45, 2.75) is 19.9 Å². The second-order valence-electron chi connectivity index (χ2n) is 2.79. The highest BCUT2D eigenvalue weighted by Crippen LogP contribution is 2.13. The Labute approximate surface area is 87.3 Å². The fourth-order valence-corrected chi connectivity index (χ4v) is 1.76. The Hall–Kier alpha value is -0.940. The fourth-order valence-electron chi connectivity index (χ4n) is 0.959. The molecule has 78 valence electrons. The third-order valence-electron chi connectivity index (χ3n) is 1.64. The Bertz CT molecular complexity index is 299. The van der Waals surface area contributed by atoms with Crippen molar-refractivity contribution in [1.29, 1.82) is 0 Å². The predicted octanol–water partition coefficient (Wildman–Crippen LogP) is 1.43. The molecule has 0 saturated carbocycles. The molecule has 0 bridgehead atoms. The Morgan fingerprint density at radius 3 is 3.14 bits per heavy atom. The van der Waals surface area contributed by atoms with Crippen LogP contribution in [0.25, 0.3) is 0 Å². The van der Waals surface area contributed by atoms with E-state index < -0.39 is 0 Å². The van der Waals surface area contributed by atoms with E-state index in [2.05, 4.69) is 22.0 Å². The Morgan fingerprint density at radius 2 is 2.50 bits per heavy atom. The van der Waals surface area contributed by atoms with Crippen molar-refractivity contribution >= 4 is 17.3 Å². The molecule has 4 nitrogen and oxygen atoms in total. The second-order valence-corrected chi connectivity index (χ2v) is 3.90. The molecule has 0 spiro atoms. The largest absolute Gasteiger partial charge is 0.465 e. The molecule has 1 N–H and O–H groups in total. The minimum atomic E-state index is -0.316. The highest BCUT2D eigenvalue weighted by Gasteiger charge is 2.09. The first-order valence-corrected chi connectivity index (χ1v) is 5.33. The first-order valence-electron chi connectivity index (χ1n) is 4.51. The molecule has 0 aliphatic carbocycles. The van der Waals surface area contributed by atoms with Gasteiger partial charge in [0.15, 0.2) is 0 Å². The third-order valence-corrected chi connectivity index (χ3v) is 2.62. The van der Waals surface area contributed by atoms with Crippen molar-refractivity contribution in [2.75, 3.05) is 13.7 Å². The third kappa shape index (κ3) is 3.08. The van der Waals surface area contributed by atoms with Crippen molar-refractivity contribution in [2.24, 2.45) is 0 Å².